The number of nitrogens with zero attached hydrogens (tertiary/aromatic N) is 1. The number of ketones is 1. The average molecular weight is 302 g/mol. The van der Waals surface area contributed by atoms with Gasteiger partial charge < -0.3 is 4.57 Å². The van der Waals surface area contributed by atoms with Crippen molar-refractivity contribution in [1.29, 1.82) is 0 Å². The van der Waals surface area contributed by atoms with Crippen molar-refractivity contribution in [3.05, 3.63) is 71.1 Å². The molecule has 4 heteroatoms. The first-order valence-corrected chi connectivity index (χ1v) is 7.01. The molecule has 0 bridgehead atoms. The number of benzene rings is 2. The Bertz CT molecular complexity index is 792. The summed E-state index contributed by atoms with van der Waals surface area (Å²) in [6, 6.07) is 13.5. The van der Waals surface area contributed by atoms with Crippen molar-refractivity contribution in [3.8, 4) is 0 Å². The summed E-state index contributed by atoms with van der Waals surface area (Å²) in [5.41, 5.74) is 1.76. The maximum atomic E-state index is 12.8. The summed E-state index contributed by atoms with van der Waals surface area (Å²) in [6.07, 6.45) is 2.15. The second kappa shape index (κ2) is 5.70. The monoisotopic (exact) mass is 301 g/mol. The van der Waals surface area contributed by atoms with E-state index >= 15 is 0 Å². The summed E-state index contributed by atoms with van der Waals surface area (Å²) in [6.45, 7) is 0.279. The number of rotatable bonds is 4. The van der Waals surface area contributed by atoms with Gasteiger partial charge in [0.25, 0.3) is 0 Å². The van der Waals surface area contributed by atoms with Gasteiger partial charge in [0.1, 0.15) is 5.82 Å². The largest absolute Gasteiger partial charge is 0.340 e. The number of Topliss-reactive ketones (excluding diaryl/α,β-unsaturated/α-hetero) is 1. The van der Waals surface area contributed by atoms with Crippen molar-refractivity contribution < 1.29 is 9.18 Å². The lowest BCUT2D eigenvalue weighted by Gasteiger charge is -2.05. The van der Waals surface area contributed by atoms with Gasteiger partial charge in [0.15, 0.2) is 5.78 Å². The zero-order valence-electron chi connectivity index (χ0n) is 11.2. The Morgan fingerprint density at radius 1 is 1.10 bits per heavy atom. The molecule has 3 rings (SSSR count). The van der Waals surface area contributed by atoms with Gasteiger partial charge in [-0.1, -0.05) is 29.8 Å². The normalized spacial score (nSPS) is 11.0. The second-order valence-corrected chi connectivity index (χ2v) is 5.37. The van der Waals surface area contributed by atoms with E-state index in [4.69, 9.17) is 11.6 Å². The number of hydrogen-bond acceptors (Lipinski definition) is 1. The molecule has 0 fully saturated rings. The standard InChI is InChI=1S/C17H13ClFNO/c18-16-2-1-3-17-15(16)8-9-20(17)11-14(21)10-12-4-6-13(19)7-5-12/h1-9H,10-11H2. The van der Waals surface area contributed by atoms with Crippen molar-refractivity contribution >= 4 is 28.3 Å². The number of carbonyl (C=O) groups is 1. The Kier molecular flexibility index (Phi) is 3.76. The van der Waals surface area contributed by atoms with Gasteiger partial charge in [-0.2, -0.15) is 0 Å². The molecule has 0 aliphatic carbocycles. The molecule has 2 nitrogen and oxygen atoms in total. The molecule has 0 aliphatic rings. The summed E-state index contributed by atoms with van der Waals surface area (Å²) in [7, 11) is 0. The quantitative estimate of drug-likeness (QED) is 0.706. The molecular formula is C17H13ClFNO. The molecule has 0 saturated heterocycles. The highest BCUT2D eigenvalue weighted by Crippen LogP contribution is 2.24. The molecule has 21 heavy (non-hydrogen) atoms. The van der Waals surface area contributed by atoms with Crippen LogP contribution in [0.15, 0.2) is 54.7 Å². The summed E-state index contributed by atoms with van der Waals surface area (Å²) in [4.78, 5) is 12.1. The van der Waals surface area contributed by atoms with Gasteiger partial charge in [-0.05, 0) is 35.9 Å². The maximum absolute atomic E-state index is 12.8. The zero-order valence-corrected chi connectivity index (χ0v) is 12.0. The van der Waals surface area contributed by atoms with E-state index in [2.05, 4.69) is 0 Å². The Morgan fingerprint density at radius 2 is 1.86 bits per heavy atom. The minimum absolute atomic E-state index is 0.0686. The lowest BCUT2D eigenvalue weighted by molar-refractivity contribution is -0.118. The third kappa shape index (κ3) is 2.98. The Hall–Kier alpha value is -2.13. The molecule has 1 aromatic heterocycles. The van der Waals surface area contributed by atoms with Crippen LogP contribution in [0.1, 0.15) is 5.56 Å². The molecule has 2 aromatic carbocycles. The Balaban J connectivity index is 1.77. The first-order chi connectivity index (χ1) is 10.1. The van der Waals surface area contributed by atoms with Gasteiger partial charge in [0, 0.05) is 28.5 Å². The minimum atomic E-state index is -0.294. The van der Waals surface area contributed by atoms with Gasteiger partial charge >= 0.3 is 0 Å². The van der Waals surface area contributed by atoms with E-state index in [0.29, 0.717) is 11.4 Å². The summed E-state index contributed by atoms with van der Waals surface area (Å²) in [5.74, 6) is -0.226. The van der Waals surface area contributed by atoms with Crippen molar-refractivity contribution in [1.82, 2.24) is 4.57 Å². The molecule has 1 heterocycles. The van der Waals surface area contributed by atoms with Gasteiger partial charge in [-0.3, -0.25) is 4.79 Å². The first-order valence-electron chi connectivity index (χ1n) is 6.63. The number of halogens is 2. The number of fused-ring (bicyclic) bond motifs is 1. The van der Waals surface area contributed by atoms with Crippen LogP contribution in [0.5, 0.6) is 0 Å². The fraction of sp³-hybridized carbons (Fsp3) is 0.118. The van der Waals surface area contributed by atoms with Crippen LogP contribution in [0.2, 0.25) is 5.02 Å². The molecule has 0 saturated carbocycles. The number of carbonyl (C=O) groups excluding carboxylic acids is 1. The predicted molar refractivity (Wildman–Crippen MR) is 82.1 cm³/mol. The van der Waals surface area contributed by atoms with Crippen LogP contribution in [-0.2, 0) is 17.8 Å². The summed E-state index contributed by atoms with van der Waals surface area (Å²) >= 11 is 6.12. The molecule has 0 amide bonds. The van der Waals surface area contributed by atoms with E-state index in [1.807, 2.05) is 35.0 Å². The smallest absolute Gasteiger partial charge is 0.156 e. The lowest BCUT2D eigenvalue weighted by atomic mass is 10.1. The highest BCUT2D eigenvalue weighted by atomic mass is 35.5. The third-order valence-corrected chi connectivity index (χ3v) is 3.75. The molecule has 0 aliphatic heterocycles. The fourth-order valence-electron chi connectivity index (χ4n) is 2.40. The maximum Gasteiger partial charge on any atom is 0.156 e. The van der Waals surface area contributed by atoms with Gasteiger partial charge in [0.05, 0.1) is 6.54 Å². The fourth-order valence-corrected chi connectivity index (χ4v) is 2.63. The van der Waals surface area contributed by atoms with Crippen molar-refractivity contribution in [3.63, 3.8) is 0 Å². The van der Waals surface area contributed by atoms with Crippen molar-refractivity contribution in [2.24, 2.45) is 0 Å². The Labute approximate surface area is 126 Å². The highest BCUT2D eigenvalue weighted by molar-refractivity contribution is 6.35. The van der Waals surface area contributed by atoms with Crippen LogP contribution < -0.4 is 0 Å². The van der Waals surface area contributed by atoms with Crippen LogP contribution in [0, 0.1) is 5.82 Å². The van der Waals surface area contributed by atoms with Gasteiger partial charge in [-0.15, -0.1) is 0 Å². The predicted octanol–water partition coefficient (Wildman–Crippen LogP) is 4.25. The van der Waals surface area contributed by atoms with Gasteiger partial charge in [-0.25, -0.2) is 4.39 Å². The van der Waals surface area contributed by atoms with E-state index in [1.165, 1.54) is 12.1 Å². The van der Waals surface area contributed by atoms with E-state index in [1.54, 1.807) is 12.1 Å². The molecular weight excluding hydrogens is 289 g/mol. The minimum Gasteiger partial charge on any atom is -0.340 e. The average Bonchev–Trinajstić information content (AvgIpc) is 2.86. The van der Waals surface area contributed by atoms with Crippen LogP contribution >= 0.6 is 11.6 Å². The van der Waals surface area contributed by atoms with Crippen LogP contribution in [0.3, 0.4) is 0 Å². The topological polar surface area (TPSA) is 22.0 Å². The molecule has 106 valence electrons. The van der Waals surface area contributed by atoms with Crippen molar-refractivity contribution in [2.45, 2.75) is 13.0 Å². The lowest BCUT2D eigenvalue weighted by Crippen LogP contribution is -2.11. The van der Waals surface area contributed by atoms with E-state index < -0.39 is 0 Å². The Morgan fingerprint density at radius 3 is 2.62 bits per heavy atom. The van der Waals surface area contributed by atoms with E-state index in [0.717, 1.165) is 16.5 Å². The molecule has 0 radical (unpaired) electrons. The molecule has 0 unspecified atom stereocenters. The SMILES string of the molecule is O=C(Cc1ccc(F)cc1)Cn1ccc2c(Cl)cccc21. The zero-order chi connectivity index (χ0) is 14.8. The molecule has 0 atom stereocenters. The van der Waals surface area contributed by atoms with Crippen molar-refractivity contribution in [2.75, 3.05) is 0 Å². The number of aromatic nitrogens is 1. The van der Waals surface area contributed by atoms with E-state index in [9.17, 15) is 9.18 Å². The molecule has 0 N–H and O–H groups in total. The highest BCUT2D eigenvalue weighted by Gasteiger charge is 2.09. The number of hydrogen-bond donors (Lipinski definition) is 0. The van der Waals surface area contributed by atoms with E-state index in [-0.39, 0.29) is 18.1 Å². The second-order valence-electron chi connectivity index (χ2n) is 4.96. The van der Waals surface area contributed by atoms with Crippen LogP contribution in [-0.4, -0.2) is 10.4 Å². The summed E-state index contributed by atoms with van der Waals surface area (Å²) < 4.78 is 14.7. The molecule has 0 spiro atoms. The summed E-state index contributed by atoms with van der Waals surface area (Å²) in [5, 5.41) is 1.62. The van der Waals surface area contributed by atoms with Crippen LogP contribution in [0.25, 0.3) is 10.9 Å². The van der Waals surface area contributed by atoms with Gasteiger partial charge in [0.2, 0.25) is 0 Å². The molecule has 3 aromatic rings. The van der Waals surface area contributed by atoms with Crippen LogP contribution in [0.4, 0.5) is 4.39 Å². The first kappa shape index (κ1) is 13.8. The third-order valence-electron chi connectivity index (χ3n) is 3.42.